The average Bonchev–Trinajstić information content (AvgIpc) is 3.11. The molecule has 0 aliphatic carbocycles. The van der Waals surface area contributed by atoms with E-state index in [9.17, 15) is 0 Å². The highest BCUT2D eigenvalue weighted by molar-refractivity contribution is 7.16. The fourth-order valence-corrected chi connectivity index (χ4v) is 4.27. The molecule has 108 valence electrons. The summed E-state index contributed by atoms with van der Waals surface area (Å²) >= 11 is 21.4. The Kier molecular flexibility index (Phi) is 4.77. The van der Waals surface area contributed by atoms with Crippen LogP contribution in [-0.2, 0) is 0 Å². The minimum Gasteiger partial charge on any atom is -0.373 e. The van der Waals surface area contributed by atoms with Gasteiger partial charge >= 0.3 is 0 Å². The van der Waals surface area contributed by atoms with Gasteiger partial charge in [0.05, 0.1) is 20.4 Å². The molecule has 0 spiro atoms. The van der Waals surface area contributed by atoms with Crippen molar-refractivity contribution in [2.45, 2.75) is 6.04 Å². The van der Waals surface area contributed by atoms with E-state index >= 15 is 0 Å². The minimum absolute atomic E-state index is 0.0553. The third kappa shape index (κ3) is 3.55. The first-order valence-corrected chi connectivity index (χ1v) is 8.97. The molecule has 0 saturated heterocycles. The molecular weight excluding hydrogens is 365 g/mol. The SMILES string of the molecule is Clc1ccc(C(Nc2ccc(Cl)c(Cl)c2)c2cccs2)s1. The van der Waals surface area contributed by atoms with Crippen LogP contribution in [0.4, 0.5) is 5.69 Å². The van der Waals surface area contributed by atoms with Crippen LogP contribution in [0.15, 0.2) is 47.8 Å². The van der Waals surface area contributed by atoms with E-state index in [1.807, 2.05) is 30.3 Å². The van der Waals surface area contributed by atoms with E-state index in [1.54, 1.807) is 28.7 Å². The molecule has 0 aliphatic heterocycles. The molecule has 1 nitrogen and oxygen atoms in total. The van der Waals surface area contributed by atoms with Gasteiger partial charge in [0.25, 0.3) is 0 Å². The standard InChI is InChI=1S/C15H10Cl3NS2/c16-10-4-3-9(8-11(10)17)19-15(12-2-1-7-20-12)13-5-6-14(18)21-13/h1-8,15,19H. The van der Waals surface area contributed by atoms with Crippen LogP contribution in [0.5, 0.6) is 0 Å². The van der Waals surface area contributed by atoms with E-state index in [1.165, 1.54) is 4.88 Å². The first-order chi connectivity index (χ1) is 10.1. The molecule has 0 aliphatic rings. The molecule has 1 aromatic carbocycles. The molecule has 2 aromatic heterocycles. The monoisotopic (exact) mass is 373 g/mol. The zero-order valence-electron chi connectivity index (χ0n) is 10.6. The maximum absolute atomic E-state index is 6.08. The van der Waals surface area contributed by atoms with Crippen LogP contribution in [0, 0.1) is 0 Å². The molecule has 1 atom stereocenters. The Hall–Kier alpha value is -0.710. The molecule has 0 radical (unpaired) electrons. The fraction of sp³-hybridized carbons (Fsp3) is 0.0667. The molecule has 0 fully saturated rings. The fourth-order valence-electron chi connectivity index (χ4n) is 1.97. The summed E-state index contributed by atoms with van der Waals surface area (Å²) in [4.78, 5) is 2.38. The molecule has 6 heteroatoms. The molecule has 0 saturated carbocycles. The summed E-state index contributed by atoms with van der Waals surface area (Å²) in [5, 5.41) is 6.65. The van der Waals surface area contributed by atoms with Gasteiger partial charge in [-0.05, 0) is 41.8 Å². The van der Waals surface area contributed by atoms with Gasteiger partial charge in [0, 0.05) is 15.4 Å². The predicted molar refractivity (Wildman–Crippen MR) is 95.6 cm³/mol. The summed E-state index contributed by atoms with van der Waals surface area (Å²) < 4.78 is 0.780. The van der Waals surface area contributed by atoms with E-state index in [0.717, 1.165) is 14.9 Å². The average molecular weight is 375 g/mol. The van der Waals surface area contributed by atoms with Crippen LogP contribution in [0.2, 0.25) is 14.4 Å². The van der Waals surface area contributed by atoms with Crippen molar-refractivity contribution >= 4 is 63.2 Å². The third-order valence-electron chi connectivity index (χ3n) is 2.94. The van der Waals surface area contributed by atoms with Gasteiger partial charge in [-0.1, -0.05) is 40.9 Å². The Morgan fingerprint density at radius 2 is 1.76 bits per heavy atom. The number of hydrogen-bond acceptors (Lipinski definition) is 3. The number of nitrogens with one attached hydrogen (secondary N) is 1. The first kappa shape index (κ1) is 15.2. The maximum atomic E-state index is 6.08. The van der Waals surface area contributed by atoms with E-state index in [4.69, 9.17) is 34.8 Å². The van der Waals surface area contributed by atoms with Crippen LogP contribution in [0.1, 0.15) is 15.8 Å². The van der Waals surface area contributed by atoms with Gasteiger partial charge in [0.15, 0.2) is 0 Å². The first-order valence-electron chi connectivity index (χ1n) is 6.14. The van der Waals surface area contributed by atoms with Crippen molar-refractivity contribution in [2.75, 3.05) is 5.32 Å². The van der Waals surface area contributed by atoms with Gasteiger partial charge in [-0.15, -0.1) is 22.7 Å². The van der Waals surface area contributed by atoms with Gasteiger partial charge < -0.3 is 5.32 Å². The summed E-state index contributed by atoms with van der Waals surface area (Å²) in [6.07, 6.45) is 0. The van der Waals surface area contributed by atoms with Gasteiger partial charge in [-0.3, -0.25) is 0 Å². The van der Waals surface area contributed by atoms with Crippen LogP contribution in [0.25, 0.3) is 0 Å². The van der Waals surface area contributed by atoms with Crippen molar-refractivity contribution in [1.82, 2.24) is 0 Å². The summed E-state index contributed by atoms with van der Waals surface area (Å²) in [6.45, 7) is 0. The Labute approximate surface area is 146 Å². The highest BCUT2D eigenvalue weighted by atomic mass is 35.5. The van der Waals surface area contributed by atoms with Crippen molar-refractivity contribution in [3.05, 3.63) is 72.0 Å². The highest BCUT2D eigenvalue weighted by Crippen LogP contribution is 2.36. The number of thiophene rings is 2. The second-order valence-corrected chi connectivity index (χ2v) is 7.90. The Bertz CT molecular complexity index is 737. The molecule has 0 amide bonds. The predicted octanol–water partition coefficient (Wildman–Crippen LogP) is 6.97. The number of hydrogen-bond donors (Lipinski definition) is 1. The van der Waals surface area contributed by atoms with Crippen molar-refractivity contribution in [3.8, 4) is 0 Å². The zero-order valence-corrected chi connectivity index (χ0v) is 14.5. The maximum Gasteiger partial charge on any atom is 0.0954 e. The topological polar surface area (TPSA) is 12.0 Å². The lowest BCUT2D eigenvalue weighted by Gasteiger charge is -2.18. The number of benzene rings is 1. The van der Waals surface area contributed by atoms with Crippen LogP contribution in [0.3, 0.4) is 0 Å². The molecule has 21 heavy (non-hydrogen) atoms. The van der Waals surface area contributed by atoms with Gasteiger partial charge in [-0.25, -0.2) is 0 Å². The molecule has 3 rings (SSSR count). The second kappa shape index (κ2) is 6.59. The summed E-state index contributed by atoms with van der Waals surface area (Å²) in [5.41, 5.74) is 0.923. The Morgan fingerprint density at radius 3 is 2.38 bits per heavy atom. The van der Waals surface area contributed by atoms with Crippen molar-refractivity contribution in [1.29, 1.82) is 0 Å². The lowest BCUT2D eigenvalue weighted by molar-refractivity contribution is 0.993. The summed E-state index contributed by atoms with van der Waals surface area (Å²) in [7, 11) is 0. The Balaban J connectivity index is 1.94. The molecule has 1 N–H and O–H groups in total. The minimum atomic E-state index is 0.0553. The largest absolute Gasteiger partial charge is 0.373 e. The number of rotatable bonds is 4. The lowest BCUT2D eigenvalue weighted by Crippen LogP contribution is -2.09. The highest BCUT2D eigenvalue weighted by Gasteiger charge is 2.17. The van der Waals surface area contributed by atoms with Crippen molar-refractivity contribution < 1.29 is 0 Å². The lowest BCUT2D eigenvalue weighted by atomic mass is 10.2. The molecule has 2 heterocycles. The number of halogens is 3. The van der Waals surface area contributed by atoms with E-state index in [0.29, 0.717) is 10.0 Å². The molecule has 3 aromatic rings. The summed E-state index contributed by atoms with van der Waals surface area (Å²) in [6, 6.07) is 13.7. The molecular formula is C15H10Cl3NS2. The van der Waals surface area contributed by atoms with Crippen LogP contribution >= 0.6 is 57.5 Å². The van der Waals surface area contributed by atoms with Gasteiger partial charge in [-0.2, -0.15) is 0 Å². The molecule has 0 bridgehead atoms. The van der Waals surface area contributed by atoms with E-state index < -0.39 is 0 Å². The van der Waals surface area contributed by atoms with Crippen LogP contribution in [-0.4, -0.2) is 0 Å². The Morgan fingerprint density at radius 1 is 0.905 bits per heavy atom. The zero-order chi connectivity index (χ0) is 14.8. The number of anilines is 1. The quantitative estimate of drug-likeness (QED) is 0.520. The smallest absolute Gasteiger partial charge is 0.0954 e. The van der Waals surface area contributed by atoms with E-state index in [2.05, 4.69) is 16.8 Å². The van der Waals surface area contributed by atoms with Gasteiger partial charge in [0.1, 0.15) is 0 Å². The normalized spacial score (nSPS) is 12.3. The molecule has 1 unspecified atom stereocenters. The van der Waals surface area contributed by atoms with Crippen molar-refractivity contribution in [2.24, 2.45) is 0 Å². The summed E-state index contributed by atoms with van der Waals surface area (Å²) in [5.74, 6) is 0. The van der Waals surface area contributed by atoms with Gasteiger partial charge in [0.2, 0.25) is 0 Å². The second-order valence-electron chi connectivity index (χ2n) is 4.36. The van der Waals surface area contributed by atoms with Crippen molar-refractivity contribution in [3.63, 3.8) is 0 Å². The third-order valence-corrected chi connectivity index (χ3v) is 5.91. The van der Waals surface area contributed by atoms with E-state index in [-0.39, 0.29) is 6.04 Å². The van der Waals surface area contributed by atoms with Crippen LogP contribution < -0.4 is 5.32 Å².